The molecule has 0 spiro atoms. The molecule has 0 aliphatic rings. The van der Waals surface area contributed by atoms with Gasteiger partial charge in [0.05, 0.1) is 0 Å². The largest absolute Gasteiger partial charge is 1.00 e. The van der Waals surface area contributed by atoms with Gasteiger partial charge in [0.1, 0.15) is 0 Å². The third-order valence-corrected chi connectivity index (χ3v) is 2.81. The zero-order valence-corrected chi connectivity index (χ0v) is 10.9. The summed E-state index contributed by atoms with van der Waals surface area (Å²) in [6.45, 7) is 0. The number of nitrogens with zero attached hydrogens (tertiary/aromatic N) is 1. The van der Waals surface area contributed by atoms with E-state index in [9.17, 15) is 9.90 Å². The number of aliphatic carboxylic acids is 1. The molecule has 3 nitrogen and oxygen atoms in total. The molecule has 88 valence electrons. The molecule has 0 unspecified atom stereocenters. The van der Waals surface area contributed by atoms with E-state index in [-0.39, 0.29) is 25.3 Å². The van der Waals surface area contributed by atoms with Crippen LogP contribution in [0, 0.1) is 0 Å². The van der Waals surface area contributed by atoms with Gasteiger partial charge in [-0.05, 0) is 17.0 Å². The van der Waals surface area contributed by atoms with Gasteiger partial charge in [0, 0.05) is 37.6 Å². The van der Waals surface area contributed by atoms with E-state index in [1.165, 1.54) is 0 Å². The van der Waals surface area contributed by atoms with Crippen molar-refractivity contribution in [1.29, 1.82) is 0 Å². The molecule has 0 N–H and O–H groups in total. The van der Waals surface area contributed by atoms with E-state index in [0.29, 0.717) is 0 Å². The third-order valence-electron chi connectivity index (χ3n) is 2.81. The van der Waals surface area contributed by atoms with Crippen LogP contribution in [-0.2, 0) is 11.2 Å². The van der Waals surface area contributed by atoms with E-state index < -0.39 is 5.97 Å². The molecule has 2 rings (SSSR count). The van der Waals surface area contributed by atoms with Crippen LogP contribution in [0.2, 0.25) is 0 Å². The van der Waals surface area contributed by atoms with Gasteiger partial charge in [-0.1, -0.05) is 30.3 Å². The van der Waals surface area contributed by atoms with Crippen molar-refractivity contribution < 1.29 is 28.8 Å². The molecule has 0 aliphatic heterocycles. The monoisotopic (exact) mass is 235 g/mol. The SMILES string of the molecule is CN(C)c1cccc2c(CC(=O)[O-])cccc12.[Li+]. The first kappa shape index (κ1) is 14.6. The van der Waals surface area contributed by atoms with Crippen LogP contribution in [0.1, 0.15) is 5.56 Å². The maximum atomic E-state index is 10.7. The summed E-state index contributed by atoms with van der Waals surface area (Å²) < 4.78 is 0. The van der Waals surface area contributed by atoms with Gasteiger partial charge in [0.25, 0.3) is 0 Å². The minimum atomic E-state index is -1.05. The Morgan fingerprint density at radius 2 is 1.72 bits per heavy atom. The van der Waals surface area contributed by atoms with Crippen molar-refractivity contribution in [2.24, 2.45) is 0 Å². The number of carbonyl (C=O) groups excluding carboxylic acids is 1. The fourth-order valence-corrected chi connectivity index (χ4v) is 2.06. The maximum absolute atomic E-state index is 10.7. The summed E-state index contributed by atoms with van der Waals surface area (Å²) in [5, 5.41) is 12.8. The summed E-state index contributed by atoms with van der Waals surface area (Å²) in [7, 11) is 3.94. The second kappa shape index (κ2) is 5.95. The first-order chi connectivity index (χ1) is 8.09. The zero-order chi connectivity index (χ0) is 12.4. The number of carbonyl (C=O) groups is 1. The Hall–Kier alpha value is -1.43. The Morgan fingerprint density at radius 3 is 2.33 bits per heavy atom. The Bertz CT molecular complexity index is 567. The molecule has 2 aromatic rings. The number of fused-ring (bicyclic) bond motifs is 1. The fourth-order valence-electron chi connectivity index (χ4n) is 2.06. The smallest absolute Gasteiger partial charge is 0.550 e. The number of rotatable bonds is 3. The van der Waals surface area contributed by atoms with E-state index in [4.69, 9.17) is 0 Å². The van der Waals surface area contributed by atoms with Crippen LogP contribution in [0.4, 0.5) is 5.69 Å². The number of carboxylic acids is 1. The van der Waals surface area contributed by atoms with E-state index in [1.54, 1.807) is 0 Å². The summed E-state index contributed by atoms with van der Waals surface area (Å²) in [6, 6.07) is 11.6. The predicted molar refractivity (Wildman–Crippen MR) is 67.0 cm³/mol. The predicted octanol–water partition coefficient (Wildman–Crippen LogP) is -1.80. The maximum Gasteiger partial charge on any atom is 1.00 e. The number of hydrogen-bond acceptors (Lipinski definition) is 3. The average molecular weight is 235 g/mol. The number of benzene rings is 2. The van der Waals surface area contributed by atoms with Crippen molar-refractivity contribution in [2.45, 2.75) is 6.42 Å². The second-order valence-electron chi connectivity index (χ2n) is 4.23. The summed E-state index contributed by atoms with van der Waals surface area (Å²) in [5.74, 6) is -1.05. The van der Waals surface area contributed by atoms with Crippen LogP contribution in [0.3, 0.4) is 0 Å². The first-order valence-electron chi connectivity index (χ1n) is 5.47. The van der Waals surface area contributed by atoms with Crippen LogP contribution in [0.15, 0.2) is 36.4 Å². The van der Waals surface area contributed by atoms with Gasteiger partial charge in [-0.3, -0.25) is 0 Å². The molecule has 2 aromatic carbocycles. The van der Waals surface area contributed by atoms with Crippen molar-refractivity contribution >= 4 is 22.4 Å². The number of carboxylic acid groups (broad SMARTS) is 1. The van der Waals surface area contributed by atoms with Gasteiger partial charge in [-0.25, -0.2) is 0 Å². The average Bonchev–Trinajstić information content (AvgIpc) is 2.28. The summed E-state index contributed by atoms with van der Waals surface area (Å²) in [6.07, 6.45) is -0.0474. The molecular formula is C14H14LiNO2. The molecule has 4 heteroatoms. The molecule has 0 heterocycles. The van der Waals surface area contributed by atoms with E-state index >= 15 is 0 Å². The third kappa shape index (κ3) is 2.87. The topological polar surface area (TPSA) is 43.4 Å². The Labute approximate surface area is 119 Å². The van der Waals surface area contributed by atoms with Crippen molar-refractivity contribution in [1.82, 2.24) is 0 Å². The normalized spacial score (nSPS) is 9.89. The molecular weight excluding hydrogens is 221 g/mol. The molecule has 0 saturated carbocycles. The number of anilines is 1. The molecule has 0 atom stereocenters. The van der Waals surface area contributed by atoms with Crippen molar-refractivity contribution in [2.75, 3.05) is 19.0 Å². The van der Waals surface area contributed by atoms with Gasteiger partial charge >= 0.3 is 18.9 Å². The van der Waals surface area contributed by atoms with Crippen LogP contribution in [0.25, 0.3) is 10.8 Å². The van der Waals surface area contributed by atoms with Crippen molar-refractivity contribution in [3.63, 3.8) is 0 Å². The molecule has 18 heavy (non-hydrogen) atoms. The summed E-state index contributed by atoms with van der Waals surface area (Å²) >= 11 is 0. The van der Waals surface area contributed by atoms with Crippen molar-refractivity contribution in [3.8, 4) is 0 Å². The van der Waals surface area contributed by atoms with Gasteiger partial charge in [-0.15, -0.1) is 0 Å². The van der Waals surface area contributed by atoms with Gasteiger partial charge in [0.15, 0.2) is 0 Å². The molecule has 0 amide bonds. The van der Waals surface area contributed by atoms with Gasteiger partial charge in [0.2, 0.25) is 0 Å². The summed E-state index contributed by atoms with van der Waals surface area (Å²) in [5.41, 5.74) is 1.88. The second-order valence-corrected chi connectivity index (χ2v) is 4.23. The van der Waals surface area contributed by atoms with E-state index in [2.05, 4.69) is 0 Å². The van der Waals surface area contributed by atoms with Gasteiger partial charge in [-0.2, -0.15) is 0 Å². The summed E-state index contributed by atoms with van der Waals surface area (Å²) in [4.78, 5) is 12.7. The Kier molecular flexibility index (Phi) is 4.83. The minimum absolute atomic E-state index is 0. The molecule has 0 radical (unpaired) electrons. The van der Waals surface area contributed by atoms with Crippen LogP contribution in [-0.4, -0.2) is 20.1 Å². The van der Waals surface area contributed by atoms with Crippen molar-refractivity contribution in [3.05, 3.63) is 42.0 Å². The Morgan fingerprint density at radius 1 is 1.11 bits per heavy atom. The molecule has 0 aromatic heterocycles. The standard InChI is InChI=1S/C14H15NO2.Li/c1-15(2)13-8-4-6-11-10(9-14(16)17)5-3-7-12(11)13;/h3-8H,9H2,1-2H3,(H,16,17);/q;+1/p-1. The van der Waals surface area contributed by atoms with E-state index in [0.717, 1.165) is 22.0 Å². The fraction of sp³-hybridized carbons (Fsp3) is 0.214. The Balaban J connectivity index is 0.00000162. The molecule has 0 saturated heterocycles. The molecule has 0 bridgehead atoms. The minimum Gasteiger partial charge on any atom is -0.550 e. The van der Waals surface area contributed by atoms with Crippen LogP contribution < -0.4 is 28.9 Å². The quantitative estimate of drug-likeness (QED) is 0.590. The van der Waals surface area contributed by atoms with Crippen LogP contribution in [0.5, 0.6) is 0 Å². The van der Waals surface area contributed by atoms with E-state index in [1.807, 2.05) is 55.4 Å². The number of hydrogen-bond donors (Lipinski definition) is 0. The zero-order valence-electron chi connectivity index (χ0n) is 10.9. The van der Waals surface area contributed by atoms with Gasteiger partial charge < -0.3 is 14.8 Å². The molecule has 0 aliphatic carbocycles. The molecule has 0 fully saturated rings. The van der Waals surface area contributed by atoms with Crippen LogP contribution >= 0.6 is 0 Å². The first-order valence-corrected chi connectivity index (χ1v) is 5.47.